The van der Waals surface area contributed by atoms with Crippen molar-refractivity contribution in [2.45, 2.75) is 58.1 Å². The van der Waals surface area contributed by atoms with Crippen LogP contribution >= 0.6 is 0 Å². The molecule has 2 atom stereocenters. The molecule has 0 amide bonds. The Kier molecular flexibility index (Phi) is 4.77. The van der Waals surface area contributed by atoms with Gasteiger partial charge < -0.3 is 10.5 Å². The largest absolute Gasteiger partial charge is 0.375 e. The summed E-state index contributed by atoms with van der Waals surface area (Å²) >= 11 is 0. The normalized spacial score (nSPS) is 35.6. The fourth-order valence-corrected chi connectivity index (χ4v) is 3.02. The van der Waals surface area contributed by atoms with E-state index < -0.39 is 0 Å². The smallest absolute Gasteiger partial charge is 0.0670 e. The predicted octanol–water partition coefficient (Wildman–Crippen LogP) is 2.00. The molecule has 16 heavy (non-hydrogen) atoms. The maximum Gasteiger partial charge on any atom is 0.0670 e. The highest BCUT2D eigenvalue weighted by Gasteiger charge is 2.44. The number of nitrogens with two attached hydrogens (primary N) is 1. The second-order valence-electron chi connectivity index (χ2n) is 5.18. The van der Waals surface area contributed by atoms with E-state index in [-0.39, 0.29) is 11.1 Å². The zero-order valence-corrected chi connectivity index (χ0v) is 11.4. The third-order valence-electron chi connectivity index (χ3n) is 4.28. The lowest BCUT2D eigenvalue weighted by Crippen LogP contribution is -2.60. The van der Waals surface area contributed by atoms with E-state index in [2.05, 4.69) is 32.6 Å². The van der Waals surface area contributed by atoms with Crippen LogP contribution in [-0.4, -0.2) is 42.3 Å². The maximum atomic E-state index is 6.07. The molecule has 0 saturated carbocycles. The molecule has 0 radical (unpaired) electrons. The summed E-state index contributed by atoms with van der Waals surface area (Å²) in [5.41, 5.74) is 6.24. The lowest BCUT2D eigenvalue weighted by Gasteiger charge is -2.51. The Balaban J connectivity index is 2.86. The van der Waals surface area contributed by atoms with Crippen LogP contribution in [0.15, 0.2) is 0 Å². The van der Waals surface area contributed by atoms with E-state index in [9.17, 15) is 0 Å². The van der Waals surface area contributed by atoms with E-state index in [1.165, 1.54) is 0 Å². The van der Waals surface area contributed by atoms with Crippen molar-refractivity contribution in [3.63, 3.8) is 0 Å². The molecule has 3 heteroatoms. The number of nitrogens with zero attached hydrogens (tertiary/aromatic N) is 1. The third kappa shape index (κ3) is 2.58. The molecule has 0 aromatic rings. The van der Waals surface area contributed by atoms with Crippen molar-refractivity contribution in [2.75, 3.05) is 26.2 Å². The fourth-order valence-electron chi connectivity index (χ4n) is 3.02. The van der Waals surface area contributed by atoms with Gasteiger partial charge in [-0.15, -0.1) is 0 Å². The molecule has 1 rings (SSSR count). The summed E-state index contributed by atoms with van der Waals surface area (Å²) in [5, 5.41) is 0. The van der Waals surface area contributed by atoms with Crippen molar-refractivity contribution in [1.29, 1.82) is 0 Å². The average Bonchev–Trinajstić information content (AvgIpc) is 2.31. The number of hydrogen-bond acceptors (Lipinski definition) is 3. The molecule has 1 heterocycles. The van der Waals surface area contributed by atoms with E-state index >= 15 is 0 Å². The Morgan fingerprint density at radius 1 is 1.25 bits per heavy atom. The predicted molar refractivity (Wildman–Crippen MR) is 68.6 cm³/mol. The Labute approximate surface area is 100 Å². The highest BCUT2D eigenvalue weighted by Crippen LogP contribution is 2.37. The van der Waals surface area contributed by atoms with Crippen LogP contribution in [-0.2, 0) is 4.74 Å². The number of likely N-dealkylation sites (N-methyl/N-ethyl adjacent to an activating group) is 1. The van der Waals surface area contributed by atoms with Crippen LogP contribution in [0.2, 0.25) is 0 Å². The summed E-state index contributed by atoms with van der Waals surface area (Å²) < 4.78 is 5.93. The minimum Gasteiger partial charge on any atom is -0.375 e. The molecular formula is C13H28N2O. The summed E-state index contributed by atoms with van der Waals surface area (Å²) in [6, 6.07) is 0. The fraction of sp³-hybridized carbons (Fsp3) is 1.00. The molecule has 0 aromatic carbocycles. The van der Waals surface area contributed by atoms with Gasteiger partial charge in [0, 0.05) is 18.7 Å². The molecule has 1 aliphatic rings. The standard InChI is InChI=1S/C13H28N2O/c1-5-12(4)10-13(11-14,8-9-16-12)15(6-2)7-3/h5-11,14H2,1-4H3. The van der Waals surface area contributed by atoms with E-state index in [4.69, 9.17) is 10.5 Å². The molecule has 0 spiro atoms. The first-order chi connectivity index (χ1) is 7.55. The molecule has 1 fully saturated rings. The van der Waals surface area contributed by atoms with Gasteiger partial charge in [-0.2, -0.15) is 0 Å². The minimum absolute atomic E-state index is 0.0141. The Bertz CT molecular complexity index is 218. The second kappa shape index (κ2) is 5.48. The molecular weight excluding hydrogens is 200 g/mol. The lowest BCUT2D eigenvalue weighted by molar-refractivity contribution is -0.127. The topological polar surface area (TPSA) is 38.5 Å². The van der Waals surface area contributed by atoms with Crippen LogP contribution in [0, 0.1) is 0 Å². The van der Waals surface area contributed by atoms with Crippen LogP contribution in [0.3, 0.4) is 0 Å². The molecule has 0 aliphatic carbocycles. The molecule has 0 aromatic heterocycles. The molecule has 3 nitrogen and oxygen atoms in total. The van der Waals surface area contributed by atoms with E-state index in [0.717, 1.165) is 45.5 Å². The first kappa shape index (κ1) is 13.9. The van der Waals surface area contributed by atoms with Crippen LogP contribution in [0.4, 0.5) is 0 Å². The van der Waals surface area contributed by atoms with Gasteiger partial charge in [-0.1, -0.05) is 20.8 Å². The molecule has 96 valence electrons. The SMILES string of the molecule is CCN(CC)C1(CN)CCOC(C)(CC)C1. The average molecular weight is 228 g/mol. The number of rotatable bonds is 5. The Hall–Kier alpha value is -0.120. The lowest BCUT2D eigenvalue weighted by atomic mass is 9.78. The summed E-state index contributed by atoms with van der Waals surface area (Å²) in [6.07, 6.45) is 3.20. The van der Waals surface area contributed by atoms with Gasteiger partial charge in [0.15, 0.2) is 0 Å². The monoisotopic (exact) mass is 228 g/mol. The number of hydrogen-bond donors (Lipinski definition) is 1. The van der Waals surface area contributed by atoms with Crippen LogP contribution in [0.5, 0.6) is 0 Å². The van der Waals surface area contributed by atoms with E-state index in [1.54, 1.807) is 0 Å². The summed E-state index contributed by atoms with van der Waals surface area (Å²) in [5.74, 6) is 0. The van der Waals surface area contributed by atoms with Crippen molar-refractivity contribution < 1.29 is 4.74 Å². The van der Waals surface area contributed by atoms with Gasteiger partial charge in [-0.25, -0.2) is 0 Å². The van der Waals surface area contributed by atoms with Gasteiger partial charge in [0.25, 0.3) is 0 Å². The Morgan fingerprint density at radius 3 is 2.31 bits per heavy atom. The minimum atomic E-state index is 0.0141. The van der Waals surface area contributed by atoms with Gasteiger partial charge in [-0.05, 0) is 39.3 Å². The van der Waals surface area contributed by atoms with Crippen molar-refractivity contribution in [2.24, 2.45) is 5.73 Å². The molecule has 0 bridgehead atoms. The van der Waals surface area contributed by atoms with Crippen LogP contribution in [0.25, 0.3) is 0 Å². The zero-order valence-electron chi connectivity index (χ0n) is 11.4. The van der Waals surface area contributed by atoms with Gasteiger partial charge in [0.2, 0.25) is 0 Å². The van der Waals surface area contributed by atoms with Crippen molar-refractivity contribution in [3.05, 3.63) is 0 Å². The Morgan fingerprint density at radius 2 is 1.88 bits per heavy atom. The van der Waals surface area contributed by atoms with Gasteiger partial charge in [0.05, 0.1) is 5.60 Å². The highest BCUT2D eigenvalue weighted by molar-refractivity contribution is 5.00. The quantitative estimate of drug-likeness (QED) is 0.782. The molecule has 1 aliphatic heterocycles. The first-order valence-corrected chi connectivity index (χ1v) is 6.65. The van der Waals surface area contributed by atoms with Crippen molar-refractivity contribution >= 4 is 0 Å². The number of ether oxygens (including phenoxy) is 1. The summed E-state index contributed by atoms with van der Waals surface area (Å²) in [4.78, 5) is 2.52. The van der Waals surface area contributed by atoms with Crippen LogP contribution < -0.4 is 5.73 Å². The summed E-state index contributed by atoms with van der Waals surface area (Å²) in [6.45, 7) is 12.6. The zero-order chi connectivity index (χ0) is 12.2. The third-order valence-corrected chi connectivity index (χ3v) is 4.28. The van der Waals surface area contributed by atoms with E-state index in [1.807, 2.05) is 0 Å². The van der Waals surface area contributed by atoms with Crippen molar-refractivity contribution in [1.82, 2.24) is 4.90 Å². The summed E-state index contributed by atoms with van der Waals surface area (Å²) in [7, 11) is 0. The van der Waals surface area contributed by atoms with Gasteiger partial charge in [0.1, 0.15) is 0 Å². The van der Waals surface area contributed by atoms with Gasteiger partial charge >= 0.3 is 0 Å². The second-order valence-corrected chi connectivity index (χ2v) is 5.18. The van der Waals surface area contributed by atoms with Gasteiger partial charge in [-0.3, -0.25) is 4.90 Å². The maximum absolute atomic E-state index is 6.07. The first-order valence-electron chi connectivity index (χ1n) is 6.65. The van der Waals surface area contributed by atoms with Crippen LogP contribution in [0.1, 0.15) is 47.0 Å². The molecule has 2 N–H and O–H groups in total. The highest BCUT2D eigenvalue weighted by atomic mass is 16.5. The van der Waals surface area contributed by atoms with Crippen molar-refractivity contribution in [3.8, 4) is 0 Å². The van der Waals surface area contributed by atoms with E-state index in [0.29, 0.717) is 0 Å². The molecule has 2 unspecified atom stereocenters. The molecule has 1 saturated heterocycles.